The largest absolute Gasteiger partial charge is 0.508 e. The molecule has 0 aromatic rings. The van der Waals surface area contributed by atoms with Crippen molar-refractivity contribution in [3.8, 4) is 0 Å². The van der Waals surface area contributed by atoms with Gasteiger partial charge in [0.2, 0.25) is 0 Å². The van der Waals surface area contributed by atoms with Crippen molar-refractivity contribution in [2.75, 3.05) is 7.11 Å². The molecule has 4 unspecified atom stereocenters. The molecule has 0 N–H and O–H groups in total. The molecular weight excluding hydrogens is 316 g/mol. The third kappa shape index (κ3) is 2.63. The smallest absolute Gasteiger partial charge is 0.438 e. The highest BCUT2D eigenvalue weighted by atomic mass is 16.7. The van der Waals surface area contributed by atoms with Gasteiger partial charge in [0.1, 0.15) is 6.10 Å². The number of carbonyl (C=O) groups is 2. The first-order valence-corrected chi connectivity index (χ1v) is 9.92. The van der Waals surface area contributed by atoms with Crippen LogP contribution in [-0.2, 0) is 14.3 Å². The Morgan fingerprint density at radius 3 is 2.80 bits per heavy atom. The number of carbonyl (C=O) groups excluding carboxylic acids is 2. The fourth-order valence-corrected chi connectivity index (χ4v) is 6.90. The summed E-state index contributed by atoms with van der Waals surface area (Å²) < 4.78 is 10.4. The first-order valence-electron chi connectivity index (χ1n) is 9.92. The van der Waals surface area contributed by atoms with Gasteiger partial charge in [-0.1, -0.05) is 19.4 Å². The fourth-order valence-electron chi connectivity index (χ4n) is 6.90. The molecule has 4 rings (SSSR count). The Morgan fingerprint density at radius 1 is 1.24 bits per heavy atom. The average molecular weight is 346 g/mol. The number of hydrogen-bond acceptors (Lipinski definition) is 4. The van der Waals surface area contributed by atoms with E-state index in [1.807, 2.05) is 6.08 Å². The van der Waals surface area contributed by atoms with Crippen LogP contribution in [0.5, 0.6) is 0 Å². The number of hydrogen-bond donors (Lipinski definition) is 0. The monoisotopic (exact) mass is 346 g/mol. The zero-order valence-corrected chi connectivity index (χ0v) is 15.6. The SMILES string of the molecule is COC(=O)O[C@H]1CCC2C3C(CC[C@@]21C)C1CCC(=O)C=C1C[C@H]3C. The molecule has 0 aromatic heterocycles. The molecule has 0 aromatic carbocycles. The van der Waals surface area contributed by atoms with Gasteiger partial charge < -0.3 is 9.47 Å². The molecule has 7 atom stereocenters. The molecule has 3 saturated carbocycles. The Morgan fingerprint density at radius 2 is 2.04 bits per heavy atom. The lowest BCUT2D eigenvalue weighted by Crippen LogP contribution is -2.50. The lowest BCUT2D eigenvalue weighted by atomic mass is 9.49. The van der Waals surface area contributed by atoms with E-state index in [9.17, 15) is 9.59 Å². The van der Waals surface area contributed by atoms with E-state index in [1.54, 1.807) is 0 Å². The van der Waals surface area contributed by atoms with Gasteiger partial charge in [0.15, 0.2) is 5.78 Å². The van der Waals surface area contributed by atoms with Gasteiger partial charge in [0.05, 0.1) is 7.11 Å². The van der Waals surface area contributed by atoms with Crippen molar-refractivity contribution in [2.24, 2.45) is 35.0 Å². The van der Waals surface area contributed by atoms with Gasteiger partial charge in [-0.05, 0) is 74.2 Å². The van der Waals surface area contributed by atoms with Crippen LogP contribution in [0.2, 0.25) is 0 Å². The van der Waals surface area contributed by atoms with Gasteiger partial charge in [-0.25, -0.2) is 4.79 Å². The van der Waals surface area contributed by atoms with Crippen molar-refractivity contribution in [1.29, 1.82) is 0 Å². The summed E-state index contributed by atoms with van der Waals surface area (Å²) in [4.78, 5) is 23.5. The van der Waals surface area contributed by atoms with Crippen molar-refractivity contribution in [2.45, 2.75) is 64.9 Å². The molecule has 4 aliphatic rings. The van der Waals surface area contributed by atoms with Crippen molar-refractivity contribution in [3.63, 3.8) is 0 Å². The second kappa shape index (κ2) is 6.14. The molecule has 0 radical (unpaired) electrons. The standard InChI is InChI=1S/C21H30O4/c1-12-10-13-11-14(22)4-5-15(13)16-8-9-21(2)17(19(12)16)6-7-18(21)25-20(23)24-3/h11-12,15-19H,4-10H2,1-3H3/t12-,15?,16?,17?,18+,19?,21+/m1/s1. The van der Waals surface area contributed by atoms with Crippen molar-refractivity contribution >= 4 is 11.9 Å². The Balaban J connectivity index is 1.59. The molecular formula is C21H30O4. The topological polar surface area (TPSA) is 52.6 Å². The maximum Gasteiger partial charge on any atom is 0.508 e. The molecule has 138 valence electrons. The zero-order chi connectivity index (χ0) is 17.8. The highest BCUT2D eigenvalue weighted by Crippen LogP contribution is 2.63. The Kier molecular flexibility index (Phi) is 4.20. The lowest BCUT2D eigenvalue weighted by molar-refractivity contribution is -0.116. The van der Waals surface area contributed by atoms with Crippen LogP contribution in [0.15, 0.2) is 11.6 Å². The maximum absolute atomic E-state index is 11.9. The first kappa shape index (κ1) is 17.1. The molecule has 3 fully saturated rings. The normalized spacial score (nSPS) is 45.7. The van der Waals surface area contributed by atoms with Crippen LogP contribution in [0.3, 0.4) is 0 Å². The Labute approximate surface area is 150 Å². The summed E-state index contributed by atoms with van der Waals surface area (Å²) in [6.07, 6.45) is 8.67. The second-order valence-corrected chi connectivity index (χ2v) is 9.04. The fraction of sp³-hybridized carbons (Fsp3) is 0.810. The van der Waals surface area contributed by atoms with Crippen LogP contribution in [-0.4, -0.2) is 25.2 Å². The molecule has 4 heteroatoms. The van der Waals surface area contributed by atoms with E-state index in [-0.39, 0.29) is 11.5 Å². The lowest BCUT2D eigenvalue weighted by Gasteiger charge is -2.55. The van der Waals surface area contributed by atoms with Gasteiger partial charge >= 0.3 is 6.16 Å². The zero-order valence-electron chi connectivity index (χ0n) is 15.6. The highest BCUT2D eigenvalue weighted by molar-refractivity contribution is 5.91. The van der Waals surface area contributed by atoms with Crippen LogP contribution >= 0.6 is 0 Å². The number of fused-ring (bicyclic) bond motifs is 5. The summed E-state index contributed by atoms with van der Waals surface area (Å²) in [5, 5.41) is 0. The third-order valence-electron chi connectivity index (χ3n) is 7.96. The van der Waals surface area contributed by atoms with Crippen molar-refractivity contribution < 1.29 is 19.1 Å². The summed E-state index contributed by atoms with van der Waals surface area (Å²) in [7, 11) is 1.38. The summed E-state index contributed by atoms with van der Waals surface area (Å²) in [6.45, 7) is 4.70. The number of allylic oxidation sites excluding steroid dienone is 1. The highest BCUT2D eigenvalue weighted by Gasteiger charge is 2.59. The van der Waals surface area contributed by atoms with E-state index in [4.69, 9.17) is 9.47 Å². The average Bonchev–Trinajstić information content (AvgIpc) is 2.90. The molecule has 4 aliphatic carbocycles. The van der Waals surface area contributed by atoms with E-state index in [0.717, 1.165) is 38.5 Å². The van der Waals surface area contributed by atoms with Crippen LogP contribution in [0, 0.1) is 35.0 Å². The van der Waals surface area contributed by atoms with Crippen LogP contribution in [0.1, 0.15) is 58.8 Å². The number of ether oxygens (including phenoxy) is 2. The second-order valence-electron chi connectivity index (χ2n) is 9.04. The summed E-state index contributed by atoms with van der Waals surface area (Å²) >= 11 is 0. The predicted octanol–water partition coefficient (Wildman–Crippen LogP) is 4.53. The minimum atomic E-state index is -0.540. The molecule has 0 saturated heterocycles. The maximum atomic E-state index is 11.9. The minimum absolute atomic E-state index is 0.0111. The summed E-state index contributed by atoms with van der Waals surface area (Å²) in [5.41, 5.74) is 1.50. The number of methoxy groups -OCH3 is 1. The molecule has 25 heavy (non-hydrogen) atoms. The molecule has 4 nitrogen and oxygen atoms in total. The minimum Gasteiger partial charge on any atom is -0.438 e. The molecule has 0 bridgehead atoms. The van der Waals surface area contributed by atoms with E-state index < -0.39 is 6.16 Å². The van der Waals surface area contributed by atoms with Crippen molar-refractivity contribution in [1.82, 2.24) is 0 Å². The summed E-state index contributed by atoms with van der Waals surface area (Å²) in [5.74, 6) is 3.57. The molecule has 0 spiro atoms. The van der Waals surface area contributed by atoms with Gasteiger partial charge in [0.25, 0.3) is 0 Å². The van der Waals surface area contributed by atoms with E-state index in [1.165, 1.54) is 19.1 Å². The van der Waals surface area contributed by atoms with Crippen LogP contribution < -0.4 is 0 Å². The number of rotatable bonds is 1. The van der Waals surface area contributed by atoms with Gasteiger partial charge in [-0.15, -0.1) is 0 Å². The molecule has 0 heterocycles. The van der Waals surface area contributed by atoms with Gasteiger partial charge in [-0.3, -0.25) is 4.79 Å². The Hall–Kier alpha value is -1.32. The van der Waals surface area contributed by atoms with Gasteiger partial charge in [-0.2, -0.15) is 0 Å². The van der Waals surface area contributed by atoms with Crippen LogP contribution in [0.4, 0.5) is 4.79 Å². The summed E-state index contributed by atoms with van der Waals surface area (Å²) in [6, 6.07) is 0. The quantitative estimate of drug-likeness (QED) is 0.655. The molecule has 0 aliphatic heterocycles. The third-order valence-corrected chi connectivity index (χ3v) is 7.96. The predicted molar refractivity (Wildman–Crippen MR) is 93.9 cm³/mol. The van der Waals surface area contributed by atoms with E-state index in [2.05, 4.69) is 13.8 Å². The van der Waals surface area contributed by atoms with Gasteiger partial charge in [0, 0.05) is 11.8 Å². The van der Waals surface area contributed by atoms with Crippen LogP contribution in [0.25, 0.3) is 0 Å². The van der Waals surface area contributed by atoms with Crippen molar-refractivity contribution in [3.05, 3.63) is 11.6 Å². The number of ketones is 1. The molecule has 0 amide bonds. The van der Waals surface area contributed by atoms with E-state index >= 15 is 0 Å². The Bertz CT molecular complexity index is 609. The van der Waals surface area contributed by atoms with E-state index in [0.29, 0.717) is 35.4 Å². The first-order chi connectivity index (χ1) is 11.9.